The van der Waals surface area contributed by atoms with Gasteiger partial charge in [-0.05, 0) is 42.7 Å². The first-order chi connectivity index (χ1) is 10.8. The summed E-state index contributed by atoms with van der Waals surface area (Å²) >= 11 is 0. The summed E-state index contributed by atoms with van der Waals surface area (Å²) < 4.78 is 38.1. The fourth-order valence-electron chi connectivity index (χ4n) is 3.21. The summed E-state index contributed by atoms with van der Waals surface area (Å²) in [4.78, 5) is 4.12. The monoisotopic (exact) mass is 323 g/mol. The minimum Gasteiger partial charge on any atom is -0.393 e. The van der Waals surface area contributed by atoms with Gasteiger partial charge in [0.1, 0.15) is 6.10 Å². The van der Waals surface area contributed by atoms with E-state index in [4.69, 9.17) is 0 Å². The third-order valence-corrected chi connectivity index (χ3v) is 4.48. The summed E-state index contributed by atoms with van der Waals surface area (Å²) in [6.07, 6.45) is -3.83. The first-order valence-corrected chi connectivity index (χ1v) is 7.28. The van der Waals surface area contributed by atoms with Crippen molar-refractivity contribution in [3.05, 3.63) is 65.5 Å². The van der Waals surface area contributed by atoms with E-state index in [1.54, 1.807) is 24.4 Å². The molecule has 2 aromatic rings. The van der Waals surface area contributed by atoms with Crippen LogP contribution in [-0.2, 0) is 11.6 Å². The van der Waals surface area contributed by atoms with Crippen molar-refractivity contribution in [1.82, 2.24) is 4.98 Å². The van der Waals surface area contributed by atoms with E-state index < -0.39 is 29.4 Å². The maximum Gasteiger partial charge on any atom is 0.416 e. The van der Waals surface area contributed by atoms with Crippen molar-refractivity contribution in [1.29, 1.82) is 0 Å². The van der Waals surface area contributed by atoms with E-state index in [9.17, 15) is 23.4 Å². The van der Waals surface area contributed by atoms with Gasteiger partial charge in [-0.3, -0.25) is 4.98 Å². The summed E-state index contributed by atoms with van der Waals surface area (Å²) in [6, 6.07) is 9.89. The molecule has 0 radical (unpaired) electrons. The highest BCUT2D eigenvalue weighted by molar-refractivity contribution is 5.36. The molecule has 1 aromatic carbocycles. The highest BCUT2D eigenvalue weighted by Gasteiger charge is 2.51. The zero-order chi connectivity index (χ0) is 16.7. The Hall–Kier alpha value is -1.92. The Bertz CT molecular complexity index is 664. The number of alkyl halides is 3. The number of nitrogens with zero attached hydrogens (tertiary/aromatic N) is 1. The van der Waals surface area contributed by atoms with E-state index in [2.05, 4.69) is 4.98 Å². The lowest BCUT2D eigenvalue weighted by Gasteiger charge is -2.48. The molecule has 1 heterocycles. The average Bonchev–Trinajstić information content (AvgIpc) is 2.51. The SMILES string of the molecule is OC1CC(c2ccc(C(F)(F)F)cc2)([C@H](O)c2ccccn2)C1. The van der Waals surface area contributed by atoms with E-state index in [1.807, 2.05) is 0 Å². The predicted molar refractivity (Wildman–Crippen MR) is 77.6 cm³/mol. The first-order valence-electron chi connectivity index (χ1n) is 7.28. The fraction of sp³-hybridized carbons (Fsp3) is 0.353. The van der Waals surface area contributed by atoms with E-state index in [1.165, 1.54) is 12.1 Å². The second-order valence-electron chi connectivity index (χ2n) is 5.95. The number of benzene rings is 1. The molecular formula is C17H16F3NO2. The molecule has 1 aromatic heterocycles. The van der Waals surface area contributed by atoms with Gasteiger partial charge in [0.05, 0.1) is 17.4 Å². The van der Waals surface area contributed by atoms with Gasteiger partial charge in [0, 0.05) is 11.6 Å². The van der Waals surface area contributed by atoms with E-state index in [0.717, 1.165) is 12.1 Å². The Morgan fingerprint density at radius 3 is 2.22 bits per heavy atom. The van der Waals surface area contributed by atoms with E-state index in [-0.39, 0.29) is 12.8 Å². The summed E-state index contributed by atoms with van der Waals surface area (Å²) in [7, 11) is 0. The standard InChI is InChI=1S/C17H16F3NO2/c18-17(19,20)12-6-4-11(5-7-12)16(9-13(22)10-16)15(23)14-3-1-2-8-21-14/h1-8,13,15,22-23H,9-10H2/t13?,15-,16?/m1/s1. The quantitative estimate of drug-likeness (QED) is 0.912. The van der Waals surface area contributed by atoms with Gasteiger partial charge in [-0.1, -0.05) is 18.2 Å². The molecule has 2 N–H and O–H groups in total. The van der Waals surface area contributed by atoms with Crippen molar-refractivity contribution in [2.75, 3.05) is 0 Å². The minimum atomic E-state index is -4.40. The van der Waals surface area contributed by atoms with Gasteiger partial charge in [-0.25, -0.2) is 0 Å². The number of aliphatic hydroxyl groups excluding tert-OH is 2. The third-order valence-electron chi connectivity index (χ3n) is 4.48. The van der Waals surface area contributed by atoms with Gasteiger partial charge >= 0.3 is 6.18 Å². The molecule has 0 saturated heterocycles. The molecule has 1 aliphatic rings. The second kappa shape index (κ2) is 5.62. The number of aliphatic hydroxyl groups is 2. The van der Waals surface area contributed by atoms with Crippen LogP contribution in [0.3, 0.4) is 0 Å². The van der Waals surface area contributed by atoms with Crippen molar-refractivity contribution in [2.45, 2.75) is 36.6 Å². The third kappa shape index (κ3) is 2.84. The van der Waals surface area contributed by atoms with Crippen molar-refractivity contribution in [3.63, 3.8) is 0 Å². The Morgan fingerprint density at radius 2 is 1.74 bits per heavy atom. The zero-order valence-electron chi connectivity index (χ0n) is 12.2. The van der Waals surface area contributed by atoms with Crippen LogP contribution in [0.15, 0.2) is 48.7 Å². The molecule has 1 atom stereocenters. The lowest BCUT2D eigenvalue weighted by molar-refractivity contribution is -0.137. The van der Waals surface area contributed by atoms with Gasteiger partial charge in [0.25, 0.3) is 0 Å². The van der Waals surface area contributed by atoms with Crippen LogP contribution >= 0.6 is 0 Å². The van der Waals surface area contributed by atoms with E-state index >= 15 is 0 Å². The molecule has 0 amide bonds. The molecule has 1 saturated carbocycles. The topological polar surface area (TPSA) is 53.4 Å². The van der Waals surface area contributed by atoms with Gasteiger partial charge in [0.2, 0.25) is 0 Å². The Labute approximate surface area is 131 Å². The van der Waals surface area contributed by atoms with Crippen LogP contribution in [0.1, 0.15) is 35.8 Å². The van der Waals surface area contributed by atoms with Crippen LogP contribution in [0.2, 0.25) is 0 Å². The maximum atomic E-state index is 12.7. The van der Waals surface area contributed by atoms with Crippen LogP contribution in [0.5, 0.6) is 0 Å². The van der Waals surface area contributed by atoms with Crippen LogP contribution in [0, 0.1) is 0 Å². The Balaban J connectivity index is 1.95. The van der Waals surface area contributed by atoms with Gasteiger partial charge < -0.3 is 10.2 Å². The van der Waals surface area contributed by atoms with Gasteiger partial charge in [-0.2, -0.15) is 13.2 Å². The van der Waals surface area contributed by atoms with Crippen LogP contribution < -0.4 is 0 Å². The molecule has 0 unspecified atom stereocenters. The molecular weight excluding hydrogens is 307 g/mol. The number of pyridine rings is 1. The molecule has 0 bridgehead atoms. The average molecular weight is 323 g/mol. The second-order valence-corrected chi connectivity index (χ2v) is 5.95. The number of halogens is 3. The smallest absolute Gasteiger partial charge is 0.393 e. The van der Waals surface area contributed by atoms with Crippen LogP contribution in [0.4, 0.5) is 13.2 Å². The molecule has 23 heavy (non-hydrogen) atoms. The molecule has 3 nitrogen and oxygen atoms in total. The van der Waals surface area contributed by atoms with Crippen molar-refractivity contribution in [3.8, 4) is 0 Å². The van der Waals surface area contributed by atoms with Gasteiger partial charge in [0.15, 0.2) is 0 Å². The highest BCUT2D eigenvalue weighted by Crippen LogP contribution is 2.52. The Morgan fingerprint density at radius 1 is 1.09 bits per heavy atom. The van der Waals surface area contributed by atoms with E-state index in [0.29, 0.717) is 11.3 Å². The molecule has 6 heteroatoms. The molecule has 1 fully saturated rings. The molecule has 0 aliphatic heterocycles. The first kappa shape index (κ1) is 16.0. The molecule has 3 rings (SSSR count). The summed E-state index contributed by atoms with van der Waals surface area (Å²) in [6.45, 7) is 0. The lowest BCUT2D eigenvalue weighted by atomic mass is 9.59. The Kier molecular flexibility index (Phi) is 3.90. The fourth-order valence-corrected chi connectivity index (χ4v) is 3.21. The predicted octanol–water partition coefficient (Wildman–Crippen LogP) is 3.23. The molecule has 0 spiro atoms. The summed E-state index contributed by atoms with van der Waals surface area (Å²) in [5.74, 6) is 0. The van der Waals surface area contributed by atoms with Crippen LogP contribution in [0.25, 0.3) is 0 Å². The maximum absolute atomic E-state index is 12.7. The van der Waals surface area contributed by atoms with Crippen LogP contribution in [-0.4, -0.2) is 21.3 Å². The van der Waals surface area contributed by atoms with Crippen molar-refractivity contribution < 1.29 is 23.4 Å². The molecule has 1 aliphatic carbocycles. The number of rotatable bonds is 3. The summed E-state index contributed by atoms with van der Waals surface area (Å²) in [5.41, 5.74) is -0.519. The molecule has 122 valence electrons. The van der Waals surface area contributed by atoms with Crippen molar-refractivity contribution >= 4 is 0 Å². The number of hydrogen-bond donors (Lipinski definition) is 2. The number of hydrogen-bond acceptors (Lipinski definition) is 3. The highest BCUT2D eigenvalue weighted by atomic mass is 19.4. The van der Waals surface area contributed by atoms with Gasteiger partial charge in [-0.15, -0.1) is 0 Å². The lowest BCUT2D eigenvalue weighted by Crippen LogP contribution is -2.49. The largest absolute Gasteiger partial charge is 0.416 e. The summed E-state index contributed by atoms with van der Waals surface area (Å²) in [5, 5.41) is 20.4. The minimum absolute atomic E-state index is 0.288. The van der Waals surface area contributed by atoms with Crippen molar-refractivity contribution in [2.24, 2.45) is 0 Å². The number of aromatic nitrogens is 1. The normalized spacial score (nSPS) is 25.7. The zero-order valence-corrected chi connectivity index (χ0v) is 12.2.